The van der Waals surface area contributed by atoms with E-state index in [2.05, 4.69) is 14.9 Å². The first-order chi connectivity index (χ1) is 8.00. The van der Waals surface area contributed by atoms with Crippen LogP contribution in [0.4, 0.5) is 5.82 Å². The standard InChI is InChI=1S/C10H16N6O/c1-14(2)4-5-16-6-12-7-8(11)15(3)10(17)13-9(7)16/h6H,4-5,11H2,1-3H3. The van der Waals surface area contributed by atoms with Crippen molar-refractivity contribution in [3.63, 3.8) is 0 Å². The molecule has 2 aromatic heterocycles. The molecule has 92 valence electrons. The topological polar surface area (TPSA) is 82.0 Å². The summed E-state index contributed by atoms with van der Waals surface area (Å²) in [6.07, 6.45) is 1.66. The first kappa shape index (κ1) is 11.6. The first-order valence-electron chi connectivity index (χ1n) is 5.32. The quantitative estimate of drug-likeness (QED) is 0.760. The van der Waals surface area contributed by atoms with Gasteiger partial charge in [-0.1, -0.05) is 0 Å². The van der Waals surface area contributed by atoms with E-state index < -0.39 is 0 Å². The van der Waals surface area contributed by atoms with E-state index in [1.165, 1.54) is 4.57 Å². The van der Waals surface area contributed by atoms with Crippen molar-refractivity contribution in [2.45, 2.75) is 6.54 Å². The second-order valence-electron chi connectivity index (χ2n) is 4.25. The molecule has 7 heteroatoms. The lowest BCUT2D eigenvalue weighted by Gasteiger charge is -2.10. The molecule has 2 rings (SSSR count). The van der Waals surface area contributed by atoms with Gasteiger partial charge in [-0.05, 0) is 14.1 Å². The molecule has 7 nitrogen and oxygen atoms in total. The Morgan fingerprint density at radius 3 is 2.82 bits per heavy atom. The number of imidazole rings is 1. The number of nitrogens with zero attached hydrogens (tertiary/aromatic N) is 5. The Labute approximate surface area is 98.5 Å². The molecule has 0 aliphatic heterocycles. The molecule has 0 atom stereocenters. The predicted octanol–water partition coefficient (Wildman–Crippen LogP) is -0.726. The van der Waals surface area contributed by atoms with Crippen LogP contribution >= 0.6 is 0 Å². The van der Waals surface area contributed by atoms with Crippen LogP contribution in [0.3, 0.4) is 0 Å². The van der Waals surface area contributed by atoms with Crippen LogP contribution < -0.4 is 11.4 Å². The van der Waals surface area contributed by atoms with Gasteiger partial charge in [-0.25, -0.2) is 9.78 Å². The van der Waals surface area contributed by atoms with Crippen LogP contribution in [0.15, 0.2) is 11.1 Å². The molecule has 0 unspecified atom stereocenters. The lowest BCUT2D eigenvalue weighted by molar-refractivity contribution is 0.386. The van der Waals surface area contributed by atoms with Crippen molar-refractivity contribution in [3.05, 3.63) is 16.8 Å². The average Bonchev–Trinajstić information content (AvgIpc) is 2.66. The Balaban J connectivity index is 2.50. The molecule has 2 aromatic rings. The van der Waals surface area contributed by atoms with Crippen molar-refractivity contribution in [3.8, 4) is 0 Å². The van der Waals surface area contributed by atoms with Crippen LogP contribution in [0.5, 0.6) is 0 Å². The molecule has 0 spiro atoms. The SMILES string of the molecule is CN(C)CCn1cnc2c(N)n(C)c(=O)nc21. The fourth-order valence-electron chi connectivity index (χ4n) is 1.57. The van der Waals surface area contributed by atoms with E-state index in [1.807, 2.05) is 18.7 Å². The minimum atomic E-state index is -0.360. The first-order valence-corrected chi connectivity index (χ1v) is 5.32. The zero-order valence-corrected chi connectivity index (χ0v) is 10.2. The van der Waals surface area contributed by atoms with Gasteiger partial charge in [0.05, 0.1) is 6.33 Å². The van der Waals surface area contributed by atoms with Gasteiger partial charge in [0.1, 0.15) is 11.3 Å². The van der Waals surface area contributed by atoms with Gasteiger partial charge in [0.2, 0.25) is 0 Å². The fraction of sp³-hybridized carbons (Fsp3) is 0.500. The van der Waals surface area contributed by atoms with Crippen molar-refractivity contribution in [2.24, 2.45) is 7.05 Å². The van der Waals surface area contributed by atoms with Crippen LogP contribution in [0.25, 0.3) is 11.2 Å². The van der Waals surface area contributed by atoms with Crippen molar-refractivity contribution >= 4 is 17.0 Å². The molecule has 0 saturated carbocycles. The van der Waals surface area contributed by atoms with Crippen LogP contribution in [0, 0.1) is 0 Å². The number of nitrogens with two attached hydrogens (primary N) is 1. The molecule has 0 aromatic carbocycles. The minimum Gasteiger partial charge on any atom is -0.383 e. The van der Waals surface area contributed by atoms with E-state index in [0.29, 0.717) is 17.0 Å². The molecule has 17 heavy (non-hydrogen) atoms. The summed E-state index contributed by atoms with van der Waals surface area (Å²) in [5, 5.41) is 0. The van der Waals surface area contributed by atoms with Crippen molar-refractivity contribution in [1.82, 2.24) is 24.0 Å². The van der Waals surface area contributed by atoms with E-state index in [4.69, 9.17) is 5.73 Å². The summed E-state index contributed by atoms with van der Waals surface area (Å²) in [5.41, 5.74) is 6.59. The van der Waals surface area contributed by atoms with Gasteiger partial charge in [0.25, 0.3) is 0 Å². The Bertz CT molecular complexity index is 597. The largest absolute Gasteiger partial charge is 0.383 e. The number of hydrogen-bond acceptors (Lipinski definition) is 5. The third-order valence-corrected chi connectivity index (χ3v) is 2.69. The van der Waals surface area contributed by atoms with Crippen molar-refractivity contribution in [2.75, 3.05) is 26.4 Å². The normalized spacial score (nSPS) is 11.5. The molecule has 2 heterocycles. The number of rotatable bonds is 3. The Morgan fingerprint density at radius 2 is 2.18 bits per heavy atom. The van der Waals surface area contributed by atoms with E-state index in [9.17, 15) is 4.79 Å². The summed E-state index contributed by atoms with van der Waals surface area (Å²) in [6.45, 7) is 1.57. The molecule has 0 aliphatic carbocycles. The maximum atomic E-state index is 11.6. The third kappa shape index (κ3) is 2.01. The summed E-state index contributed by atoms with van der Waals surface area (Å²) >= 11 is 0. The van der Waals surface area contributed by atoms with Gasteiger partial charge in [0, 0.05) is 20.1 Å². The maximum Gasteiger partial charge on any atom is 0.350 e. The number of aromatic nitrogens is 4. The second kappa shape index (κ2) is 4.17. The van der Waals surface area contributed by atoms with Crippen molar-refractivity contribution < 1.29 is 0 Å². The van der Waals surface area contributed by atoms with Gasteiger partial charge < -0.3 is 15.2 Å². The Hall–Kier alpha value is -1.89. The molecule has 0 fully saturated rings. The molecule has 0 radical (unpaired) electrons. The summed E-state index contributed by atoms with van der Waals surface area (Å²) in [7, 11) is 5.56. The van der Waals surface area contributed by atoms with E-state index >= 15 is 0 Å². The highest BCUT2D eigenvalue weighted by molar-refractivity contribution is 5.81. The summed E-state index contributed by atoms with van der Waals surface area (Å²) in [5.74, 6) is 0.351. The average molecular weight is 236 g/mol. The molecule has 0 bridgehead atoms. The lowest BCUT2D eigenvalue weighted by atomic mass is 10.4. The summed E-state index contributed by atoms with van der Waals surface area (Å²) in [4.78, 5) is 21.8. The lowest BCUT2D eigenvalue weighted by Crippen LogP contribution is -2.24. The molecule has 2 N–H and O–H groups in total. The smallest absolute Gasteiger partial charge is 0.350 e. The predicted molar refractivity (Wildman–Crippen MR) is 65.7 cm³/mol. The minimum absolute atomic E-state index is 0.351. The zero-order chi connectivity index (χ0) is 12.6. The monoisotopic (exact) mass is 236 g/mol. The molecule has 0 saturated heterocycles. The molecular weight excluding hydrogens is 220 g/mol. The fourth-order valence-corrected chi connectivity index (χ4v) is 1.57. The number of hydrogen-bond donors (Lipinski definition) is 1. The van der Waals surface area contributed by atoms with Crippen LogP contribution in [0.2, 0.25) is 0 Å². The van der Waals surface area contributed by atoms with Gasteiger partial charge >= 0.3 is 5.69 Å². The summed E-state index contributed by atoms with van der Waals surface area (Å²) in [6, 6.07) is 0. The Kier molecular flexibility index (Phi) is 2.84. The van der Waals surface area contributed by atoms with Crippen molar-refractivity contribution in [1.29, 1.82) is 0 Å². The third-order valence-electron chi connectivity index (χ3n) is 2.69. The van der Waals surface area contributed by atoms with E-state index in [0.717, 1.165) is 13.1 Å². The molecule has 0 aliphatic rings. The second-order valence-corrected chi connectivity index (χ2v) is 4.25. The Morgan fingerprint density at radius 1 is 1.47 bits per heavy atom. The number of fused-ring (bicyclic) bond motifs is 1. The number of anilines is 1. The van der Waals surface area contributed by atoms with Gasteiger partial charge in [0.15, 0.2) is 5.65 Å². The summed E-state index contributed by atoms with van der Waals surface area (Å²) < 4.78 is 3.14. The highest BCUT2D eigenvalue weighted by atomic mass is 16.1. The highest BCUT2D eigenvalue weighted by Crippen LogP contribution is 2.14. The van der Waals surface area contributed by atoms with Gasteiger partial charge in [-0.2, -0.15) is 4.98 Å². The van der Waals surface area contributed by atoms with Crippen LogP contribution in [-0.4, -0.2) is 44.6 Å². The van der Waals surface area contributed by atoms with Crippen LogP contribution in [0.1, 0.15) is 0 Å². The zero-order valence-electron chi connectivity index (χ0n) is 10.2. The highest BCUT2D eigenvalue weighted by Gasteiger charge is 2.11. The molecular formula is C10H16N6O. The maximum absolute atomic E-state index is 11.6. The number of nitrogen functional groups attached to an aromatic ring is 1. The van der Waals surface area contributed by atoms with Crippen LogP contribution in [-0.2, 0) is 13.6 Å². The van der Waals surface area contributed by atoms with E-state index in [-0.39, 0.29) is 5.69 Å². The van der Waals surface area contributed by atoms with E-state index in [1.54, 1.807) is 13.4 Å². The number of likely N-dealkylation sites (N-methyl/N-ethyl adjacent to an activating group) is 1. The molecule has 0 amide bonds. The van der Waals surface area contributed by atoms with Gasteiger partial charge in [-0.15, -0.1) is 0 Å². The van der Waals surface area contributed by atoms with Gasteiger partial charge in [-0.3, -0.25) is 4.57 Å².